The van der Waals surface area contributed by atoms with Crippen molar-refractivity contribution in [3.8, 4) is 0 Å². The minimum Gasteiger partial charge on any atom is -0.378 e. The molecule has 0 unspecified atom stereocenters. The zero-order valence-electron chi connectivity index (χ0n) is 15.8. The lowest BCUT2D eigenvalue weighted by atomic mass is 10.0. The van der Waals surface area contributed by atoms with E-state index >= 15 is 0 Å². The molecule has 8 heteroatoms. The molecular weight excluding hydrogens is 420 g/mol. The number of halogens is 1. The van der Waals surface area contributed by atoms with Crippen LogP contribution in [-0.4, -0.2) is 42.2 Å². The van der Waals surface area contributed by atoms with Crippen LogP contribution < -0.4 is 0 Å². The largest absolute Gasteiger partial charge is 0.378 e. The molecule has 1 saturated heterocycles. The summed E-state index contributed by atoms with van der Waals surface area (Å²) in [5.41, 5.74) is 3.92. The molecule has 1 aliphatic heterocycles. The fourth-order valence-corrected chi connectivity index (χ4v) is 4.49. The Hall–Kier alpha value is -2.32. The summed E-state index contributed by atoms with van der Waals surface area (Å²) in [5.74, 6) is 0.980. The van der Waals surface area contributed by atoms with Gasteiger partial charge in [-0.3, -0.25) is 4.98 Å². The Kier molecular flexibility index (Phi) is 4.40. The quantitative estimate of drug-likeness (QED) is 0.480. The van der Waals surface area contributed by atoms with Gasteiger partial charge in [-0.05, 0) is 44.9 Å². The molecule has 144 valence electrons. The molecule has 0 aliphatic carbocycles. The standard InChI is InChI=1S/C20H21BrN6O/c1-12-10-26(25-24-12)11-19-23-18-9-22-17-4-3-14(21)8-16(17)20(18)27(19)15-5-6-28-13(2)7-15/h3-4,8-10,13,15H,5-7,11H2,1-2H3/t13-,15-/m1/s1. The van der Waals surface area contributed by atoms with Crippen molar-refractivity contribution in [2.24, 2.45) is 0 Å². The Balaban J connectivity index is 1.74. The van der Waals surface area contributed by atoms with Crippen LogP contribution in [0.15, 0.2) is 35.1 Å². The first-order valence-corrected chi connectivity index (χ1v) is 10.3. The minimum absolute atomic E-state index is 0.234. The highest BCUT2D eigenvalue weighted by Crippen LogP contribution is 2.34. The van der Waals surface area contributed by atoms with Crippen LogP contribution in [0.25, 0.3) is 21.9 Å². The second-order valence-corrected chi connectivity index (χ2v) is 8.38. The van der Waals surface area contributed by atoms with Crippen LogP contribution in [0.3, 0.4) is 0 Å². The van der Waals surface area contributed by atoms with Crippen molar-refractivity contribution in [1.82, 2.24) is 29.5 Å². The Morgan fingerprint density at radius 2 is 2.18 bits per heavy atom. The van der Waals surface area contributed by atoms with Crippen LogP contribution in [0.5, 0.6) is 0 Å². The number of hydrogen-bond acceptors (Lipinski definition) is 5. The molecule has 0 spiro atoms. The first-order valence-electron chi connectivity index (χ1n) is 9.52. The topological polar surface area (TPSA) is 70.7 Å². The molecule has 1 fully saturated rings. The first-order chi connectivity index (χ1) is 13.6. The second kappa shape index (κ2) is 6.93. The van der Waals surface area contributed by atoms with Crippen LogP contribution >= 0.6 is 15.9 Å². The molecule has 7 nitrogen and oxygen atoms in total. The number of ether oxygens (including phenoxy) is 1. The third-order valence-electron chi connectivity index (χ3n) is 5.33. The van der Waals surface area contributed by atoms with Gasteiger partial charge in [0.1, 0.15) is 17.9 Å². The normalized spacial score (nSPS) is 20.2. The van der Waals surface area contributed by atoms with Crippen molar-refractivity contribution in [2.75, 3.05) is 6.61 Å². The van der Waals surface area contributed by atoms with Crippen molar-refractivity contribution < 1.29 is 4.74 Å². The third-order valence-corrected chi connectivity index (χ3v) is 5.82. The Bertz CT molecular complexity index is 1170. The van der Waals surface area contributed by atoms with Gasteiger partial charge in [-0.15, -0.1) is 5.10 Å². The van der Waals surface area contributed by atoms with E-state index in [0.717, 1.165) is 57.4 Å². The number of fused-ring (bicyclic) bond motifs is 3. The van der Waals surface area contributed by atoms with E-state index < -0.39 is 0 Å². The summed E-state index contributed by atoms with van der Waals surface area (Å²) in [5, 5.41) is 9.45. The van der Waals surface area contributed by atoms with E-state index in [9.17, 15) is 0 Å². The predicted octanol–water partition coefficient (Wildman–Crippen LogP) is 4.04. The van der Waals surface area contributed by atoms with E-state index in [-0.39, 0.29) is 6.10 Å². The van der Waals surface area contributed by atoms with Crippen LogP contribution in [0.1, 0.15) is 37.3 Å². The van der Waals surface area contributed by atoms with Gasteiger partial charge in [0.25, 0.3) is 0 Å². The summed E-state index contributed by atoms with van der Waals surface area (Å²) >= 11 is 3.61. The van der Waals surface area contributed by atoms with Crippen molar-refractivity contribution in [3.63, 3.8) is 0 Å². The molecule has 2 atom stereocenters. The first kappa shape index (κ1) is 17.8. The Morgan fingerprint density at radius 1 is 1.29 bits per heavy atom. The molecule has 0 N–H and O–H groups in total. The zero-order valence-corrected chi connectivity index (χ0v) is 17.4. The summed E-state index contributed by atoms with van der Waals surface area (Å²) in [7, 11) is 0. The molecule has 4 aromatic rings. The highest BCUT2D eigenvalue weighted by Gasteiger charge is 2.26. The number of rotatable bonds is 3. The van der Waals surface area contributed by atoms with E-state index in [1.54, 1.807) is 0 Å². The number of pyridine rings is 1. The smallest absolute Gasteiger partial charge is 0.132 e. The molecule has 1 aromatic carbocycles. The van der Waals surface area contributed by atoms with E-state index in [1.807, 2.05) is 36.1 Å². The lowest BCUT2D eigenvalue weighted by Crippen LogP contribution is -2.27. The molecule has 5 rings (SSSR count). The van der Waals surface area contributed by atoms with Gasteiger partial charge in [-0.25, -0.2) is 9.67 Å². The maximum absolute atomic E-state index is 5.81. The van der Waals surface area contributed by atoms with Crippen LogP contribution in [0.4, 0.5) is 0 Å². The maximum atomic E-state index is 5.81. The van der Waals surface area contributed by atoms with Crippen LogP contribution in [0, 0.1) is 6.92 Å². The van der Waals surface area contributed by atoms with E-state index in [2.05, 4.69) is 48.8 Å². The summed E-state index contributed by atoms with van der Waals surface area (Å²) < 4.78 is 11.1. The van der Waals surface area contributed by atoms with Crippen molar-refractivity contribution in [2.45, 2.75) is 45.4 Å². The molecule has 28 heavy (non-hydrogen) atoms. The molecule has 0 saturated carbocycles. The fraction of sp³-hybridized carbons (Fsp3) is 0.400. The van der Waals surface area contributed by atoms with E-state index in [0.29, 0.717) is 12.6 Å². The van der Waals surface area contributed by atoms with Crippen molar-refractivity contribution >= 4 is 37.9 Å². The van der Waals surface area contributed by atoms with Crippen LogP contribution in [-0.2, 0) is 11.3 Å². The average Bonchev–Trinajstić information content (AvgIpc) is 3.25. The number of aromatic nitrogens is 6. The number of nitrogens with zero attached hydrogens (tertiary/aromatic N) is 6. The number of imidazole rings is 1. The van der Waals surface area contributed by atoms with Gasteiger partial charge in [0.05, 0.1) is 29.0 Å². The van der Waals surface area contributed by atoms with Crippen LogP contribution in [0.2, 0.25) is 0 Å². The minimum atomic E-state index is 0.234. The van der Waals surface area contributed by atoms with E-state index in [4.69, 9.17) is 9.72 Å². The van der Waals surface area contributed by atoms with Crippen molar-refractivity contribution in [1.29, 1.82) is 0 Å². The summed E-state index contributed by atoms with van der Waals surface area (Å²) in [4.78, 5) is 9.57. The number of benzene rings is 1. The molecule has 0 radical (unpaired) electrons. The highest BCUT2D eigenvalue weighted by molar-refractivity contribution is 9.10. The third kappa shape index (κ3) is 3.10. The second-order valence-electron chi connectivity index (χ2n) is 7.47. The monoisotopic (exact) mass is 440 g/mol. The Labute approximate surface area is 170 Å². The van der Waals surface area contributed by atoms with E-state index in [1.165, 1.54) is 0 Å². The highest BCUT2D eigenvalue weighted by atomic mass is 79.9. The summed E-state index contributed by atoms with van der Waals surface area (Å²) in [6.45, 7) is 5.43. The molecule has 0 bridgehead atoms. The van der Waals surface area contributed by atoms with Gasteiger partial charge in [0, 0.05) is 28.7 Å². The number of aryl methyl sites for hydroxylation is 1. The SMILES string of the molecule is Cc1cn(Cc2nc3cnc4ccc(Br)cc4c3n2[C@@H]2CCO[C@H](C)C2)nn1. The van der Waals surface area contributed by atoms with Gasteiger partial charge in [0.15, 0.2) is 0 Å². The molecule has 3 aromatic heterocycles. The molecule has 0 amide bonds. The Morgan fingerprint density at radius 3 is 2.96 bits per heavy atom. The van der Waals surface area contributed by atoms with Gasteiger partial charge in [0.2, 0.25) is 0 Å². The molecular formula is C20H21BrN6O. The number of hydrogen-bond donors (Lipinski definition) is 0. The average molecular weight is 441 g/mol. The summed E-state index contributed by atoms with van der Waals surface area (Å²) in [6.07, 6.45) is 5.99. The fourth-order valence-electron chi connectivity index (χ4n) is 4.13. The predicted molar refractivity (Wildman–Crippen MR) is 110 cm³/mol. The maximum Gasteiger partial charge on any atom is 0.132 e. The molecule has 4 heterocycles. The lowest BCUT2D eigenvalue weighted by Gasteiger charge is -2.30. The van der Waals surface area contributed by atoms with Gasteiger partial charge in [-0.1, -0.05) is 21.1 Å². The lowest BCUT2D eigenvalue weighted by molar-refractivity contribution is 0.00619. The van der Waals surface area contributed by atoms with Crippen molar-refractivity contribution in [3.05, 3.63) is 46.6 Å². The van der Waals surface area contributed by atoms with Gasteiger partial charge < -0.3 is 9.30 Å². The summed E-state index contributed by atoms with van der Waals surface area (Å²) in [6, 6.07) is 6.54. The molecule has 1 aliphatic rings. The van der Waals surface area contributed by atoms with Gasteiger partial charge >= 0.3 is 0 Å². The zero-order chi connectivity index (χ0) is 19.3. The van der Waals surface area contributed by atoms with Gasteiger partial charge in [-0.2, -0.15) is 0 Å².